The fourth-order valence-electron chi connectivity index (χ4n) is 3.20. The molecule has 2 aromatic rings. The Bertz CT molecular complexity index is 804. The van der Waals surface area contributed by atoms with Crippen LogP contribution >= 0.6 is 0 Å². The number of nitrogens with zero attached hydrogens (tertiary/aromatic N) is 1. The maximum atomic E-state index is 12.5. The van der Waals surface area contributed by atoms with Crippen LogP contribution in [0.1, 0.15) is 23.7 Å². The van der Waals surface area contributed by atoms with Gasteiger partial charge in [0.05, 0.1) is 19.3 Å². The number of carbonyl (C=O) groups excluding carboxylic acids is 2. The van der Waals surface area contributed by atoms with Crippen LogP contribution in [-0.2, 0) is 4.79 Å². The van der Waals surface area contributed by atoms with Crippen LogP contribution in [0.15, 0.2) is 48.5 Å². The van der Waals surface area contributed by atoms with Gasteiger partial charge in [-0.1, -0.05) is 12.1 Å². The smallest absolute Gasteiger partial charge is 0.255 e. The van der Waals surface area contributed by atoms with Gasteiger partial charge in [0.1, 0.15) is 11.5 Å². The maximum Gasteiger partial charge on any atom is 0.255 e. The third-order valence-corrected chi connectivity index (χ3v) is 4.57. The number of para-hydroxylation sites is 1. The number of methoxy groups -OCH3 is 1. The second-order valence-electron chi connectivity index (χ2n) is 6.41. The van der Waals surface area contributed by atoms with Crippen LogP contribution in [0.3, 0.4) is 0 Å². The number of ether oxygens (including phenoxy) is 2. The summed E-state index contributed by atoms with van der Waals surface area (Å²) in [5.41, 5.74) is 1.35. The Morgan fingerprint density at radius 1 is 1.19 bits per heavy atom. The Hall–Kier alpha value is -3.02. The SMILES string of the molecule is CCOc1ccccc1C(=O)NCC1CC(=O)N(c2ccc(OC)cc2)C1. The molecule has 0 bridgehead atoms. The van der Waals surface area contributed by atoms with E-state index in [-0.39, 0.29) is 17.7 Å². The fraction of sp³-hybridized carbons (Fsp3) is 0.333. The van der Waals surface area contributed by atoms with E-state index in [1.807, 2.05) is 43.3 Å². The number of rotatable bonds is 7. The van der Waals surface area contributed by atoms with Crippen LogP contribution < -0.4 is 19.7 Å². The van der Waals surface area contributed by atoms with Crippen LogP contribution in [0.25, 0.3) is 0 Å². The number of carbonyl (C=O) groups is 2. The number of nitrogens with one attached hydrogen (secondary N) is 1. The van der Waals surface area contributed by atoms with Crippen LogP contribution in [0.4, 0.5) is 5.69 Å². The Labute approximate surface area is 159 Å². The summed E-state index contributed by atoms with van der Waals surface area (Å²) in [6.45, 7) is 3.40. The van der Waals surface area contributed by atoms with E-state index >= 15 is 0 Å². The van der Waals surface area contributed by atoms with Gasteiger partial charge in [0.25, 0.3) is 5.91 Å². The zero-order valence-corrected chi connectivity index (χ0v) is 15.6. The molecule has 1 saturated heterocycles. The summed E-state index contributed by atoms with van der Waals surface area (Å²) in [6.07, 6.45) is 0.416. The summed E-state index contributed by atoms with van der Waals surface area (Å²) >= 11 is 0. The first-order valence-corrected chi connectivity index (χ1v) is 9.06. The van der Waals surface area contributed by atoms with E-state index in [1.165, 1.54) is 0 Å². The van der Waals surface area contributed by atoms with Crippen LogP contribution in [0.5, 0.6) is 11.5 Å². The maximum absolute atomic E-state index is 12.5. The lowest BCUT2D eigenvalue weighted by Crippen LogP contribution is -2.31. The highest BCUT2D eigenvalue weighted by Gasteiger charge is 2.31. The molecule has 2 amide bonds. The molecule has 0 aliphatic carbocycles. The van der Waals surface area contributed by atoms with Crippen molar-refractivity contribution in [3.8, 4) is 11.5 Å². The molecule has 27 heavy (non-hydrogen) atoms. The van der Waals surface area contributed by atoms with Crippen molar-refractivity contribution in [2.45, 2.75) is 13.3 Å². The monoisotopic (exact) mass is 368 g/mol. The third-order valence-electron chi connectivity index (χ3n) is 4.57. The minimum atomic E-state index is -0.186. The van der Waals surface area contributed by atoms with E-state index in [1.54, 1.807) is 24.1 Å². The standard InChI is InChI=1S/C21H24N2O4/c1-3-27-19-7-5-4-6-18(19)21(25)22-13-15-12-20(24)23(14-15)16-8-10-17(26-2)11-9-16/h4-11,15H,3,12-14H2,1-2H3,(H,22,25). The zero-order valence-electron chi connectivity index (χ0n) is 15.6. The highest BCUT2D eigenvalue weighted by Crippen LogP contribution is 2.26. The Balaban J connectivity index is 1.59. The van der Waals surface area contributed by atoms with Crippen molar-refractivity contribution in [1.29, 1.82) is 0 Å². The van der Waals surface area contributed by atoms with Gasteiger partial charge in [-0.25, -0.2) is 0 Å². The molecule has 3 rings (SSSR count). The van der Waals surface area contributed by atoms with Crippen LogP contribution in [-0.4, -0.2) is 38.6 Å². The molecule has 1 aliphatic heterocycles. The Morgan fingerprint density at radius 3 is 2.63 bits per heavy atom. The highest BCUT2D eigenvalue weighted by atomic mass is 16.5. The molecule has 1 fully saturated rings. The summed E-state index contributed by atoms with van der Waals surface area (Å²) < 4.78 is 10.7. The van der Waals surface area contributed by atoms with Crippen LogP contribution in [0.2, 0.25) is 0 Å². The van der Waals surface area contributed by atoms with Gasteiger partial charge in [0.15, 0.2) is 0 Å². The van der Waals surface area contributed by atoms with Crippen molar-refractivity contribution in [3.05, 3.63) is 54.1 Å². The number of hydrogen-bond donors (Lipinski definition) is 1. The molecule has 0 saturated carbocycles. The van der Waals surface area contributed by atoms with Crippen molar-refractivity contribution in [3.63, 3.8) is 0 Å². The topological polar surface area (TPSA) is 67.9 Å². The first-order chi connectivity index (χ1) is 13.1. The van der Waals surface area contributed by atoms with Crippen LogP contribution in [0, 0.1) is 5.92 Å². The van der Waals surface area contributed by atoms with Gasteiger partial charge in [-0.3, -0.25) is 9.59 Å². The summed E-state index contributed by atoms with van der Waals surface area (Å²) in [4.78, 5) is 26.6. The molecule has 142 valence electrons. The molecular formula is C21H24N2O4. The highest BCUT2D eigenvalue weighted by molar-refractivity contribution is 5.97. The lowest BCUT2D eigenvalue weighted by atomic mass is 10.1. The molecular weight excluding hydrogens is 344 g/mol. The molecule has 0 spiro atoms. The Morgan fingerprint density at radius 2 is 1.93 bits per heavy atom. The second-order valence-corrected chi connectivity index (χ2v) is 6.41. The van der Waals surface area contributed by atoms with E-state index in [2.05, 4.69) is 5.32 Å². The van der Waals surface area contributed by atoms with Crippen molar-refractivity contribution < 1.29 is 19.1 Å². The van der Waals surface area contributed by atoms with Gasteiger partial charge >= 0.3 is 0 Å². The van der Waals surface area contributed by atoms with Gasteiger partial charge < -0.3 is 19.7 Å². The third kappa shape index (κ3) is 4.39. The number of amides is 2. The number of benzene rings is 2. The predicted molar refractivity (Wildman–Crippen MR) is 103 cm³/mol. The molecule has 1 N–H and O–H groups in total. The first-order valence-electron chi connectivity index (χ1n) is 9.06. The van der Waals surface area contributed by atoms with Crippen molar-refractivity contribution in [1.82, 2.24) is 5.32 Å². The Kier molecular flexibility index (Phi) is 5.96. The van der Waals surface area contributed by atoms with Gasteiger partial charge in [0.2, 0.25) is 5.91 Å². The molecule has 1 heterocycles. The van der Waals surface area contributed by atoms with Crippen molar-refractivity contribution >= 4 is 17.5 Å². The van der Waals surface area contributed by atoms with Crippen molar-refractivity contribution in [2.75, 3.05) is 31.7 Å². The van der Waals surface area contributed by atoms with Gasteiger partial charge in [0, 0.05) is 31.1 Å². The van der Waals surface area contributed by atoms with Gasteiger partial charge in [-0.15, -0.1) is 0 Å². The molecule has 0 radical (unpaired) electrons. The molecule has 0 aromatic heterocycles. The largest absolute Gasteiger partial charge is 0.497 e. The molecule has 1 unspecified atom stereocenters. The summed E-state index contributed by atoms with van der Waals surface area (Å²) in [5.74, 6) is 1.27. The second kappa shape index (κ2) is 8.58. The van der Waals surface area contributed by atoms with Gasteiger partial charge in [-0.05, 0) is 43.3 Å². The minimum absolute atomic E-state index is 0.0640. The van der Waals surface area contributed by atoms with E-state index in [9.17, 15) is 9.59 Å². The molecule has 1 atom stereocenters. The normalized spacial score (nSPS) is 16.3. The van der Waals surface area contributed by atoms with E-state index in [0.717, 1.165) is 11.4 Å². The summed E-state index contributed by atoms with van der Waals surface area (Å²) in [5, 5.41) is 2.93. The number of hydrogen-bond acceptors (Lipinski definition) is 4. The zero-order chi connectivity index (χ0) is 19.2. The molecule has 6 nitrogen and oxygen atoms in total. The summed E-state index contributed by atoms with van der Waals surface area (Å²) in [6, 6.07) is 14.6. The number of anilines is 1. The lowest BCUT2D eigenvalue weighted by molar-refractivity contribution is -0.117. The summed E-state index contributed by atoms with van der Waals surface area (Å²) in [7, 11) is 1.61. The van der Waals surface area contributed by atoms with E-state index in [0.29, 0.717) is 37.4 Å². The van der Waals surface area contributed by atoms with Gasteiger partial charge in [-0.2, -0.15) is 0 Å². The average Bonchev–Trinajstić information content (AvgIpc) is 3.07. The average molecular weight is 368 g/mol. The quantitative estimate of drug-likeness (QED) is 0.816. The minimum Gasteiger partial charge on any atom is -0.497 e. The molecule has 6 heteroatoms. The van der Waals surface area contributed by atoms with Crippen molar-refractivity contribution in [2.24, 2.45) is 5.92 Å². The van der Waals surface area contributed by atoms with E-state index < -0.39 is 0 Å². The molecule has 2 aromatic carbocycles. The predicted octanol–water partition coefficient (Wildman–Crippen LogP) is 2.88. The first kappa shape index (κ1) is 18.8. The lowest BCUT2D eigenvalue weighted by Gasteiger charge is -2.17. The fourth-order valence-corrected chi connectivity index (χ4v) is 3.20. The van der Waals surface area contributed by atoms with E-state index in [4.69, 9.17) is 9.47 Å². The molecule has 1 aliphatic rings.